The van der Waals surface area contributed by atoms with Gasteiger partial charge >= 0.3 is 19.8 Å². The van der Waals surface area contributed by atoms with Gasteiger partial charge in [0.1, 0.15) is 6.61 Å². The molecule has 1 unspecified atom stereocenters. The Morgan fingerprint density at radius 1 is 0.640 bits per heavy atom. The fourth-order valence-corrected chi connectivity index (χ4v) is 5.36. The summed E-state index contributed by atoms with van der Waals surface area (Å²) in [5, 5.41) is 10.2. The van der Waals surface area contributed by atoms with Crippen molar-refractivity contribution < 1.29 is 43.0 Å². The maximum Gasteiger partial charge on any atom is 0.469 e. The van der Waals surface area contributed by atoms with E-state index in [4.69, 9.17) is 19.3 Å². The summed E-state index contributed by atoms with van der Waals surface area (Å²) < 4.78 is 26.2. The van der Waals surface area contributed by atoms with Gasteiger partial charge in [-0.3, -0.25) is 14.1 Å². The second kappa shape index (κ2) is 33.8. The standard InChI is InChI=1S/C40H69O9P/c1-4-5-6-7-8-9-10-11-14-17-20-23-26-30-37(41)31-28-33-40(43)49-38(35-48-50(44,45)46)34-47-39(42)32-27-24-21-18-15-12-13-16-19-22-25-29-36(2)3/h5-6,8-9,11,14,20,23,26,30,36-38,41H,4,7,10,12-13,15-19,21-22,24-25,27-29,31-35H2,1-3H3,(H2,44,45,46)/b6-5-,9-8-,14-11-,23-20-,30-26+/t37?,38-/m1/s1. The van der Waals surface area contributed by atoms with Gasteiger partial charge in [0, 0.05) is 12.8 Å². The normalized spacial score (nSPS) is 13.9. The van der Waals surface area contributed by atoms with Crippen LogP contribution in [0.3, 0.4) is 0 Å². The molecule has 0 spiro atoms. The average molecular weight is 725 g/mol. The third kappa shape index (κ3) is 37.0. The van der Waals surface area contributed by atoms with Crippen LogP contribution in [0.5, 0.6) is 0 Å². The number of rotatable bonds is 33. The summed E-state index contributed by atoms with van der Waals surface area (Å²) in [7, 11) is -4.81. The van der Waals surface area contributed by atoms with Gasteiger partial charge in [-0.25, -0.2) is 4.57 Å². The van der Waals surface area contributed by atoms with Gasteiger partial charge in [-0.05, 0) is 50.9 Å². The van der Waals surface area contributed by atoms with Crippen LogP contribution in [0.25, 0.3) is 0 Å². The van der Waals surface area contributed by atoms with Crippen molar-refractivity contribution in [2.24, 2.45) is 5.92 Å². The van der Waals surface area contributed by atoms with Crippen molar-refractivity contribution in [2.75, 3.05) is 13.2 Å². The van der Waals surface area contributed by atoms with Gasteiger partial charge in [0.25, 0.3) is 0 Å². The molecule has 0 aliphatic carbocycles. The first-order valence-corrected chi connectivity index (χ1v) is 20.6. The molecular formula is C40H69O9P. The molecular weight excluding hydrogens is 655 g/mol. The van der Waals surface area contributed by atoms with Crippen LogP contribution in [-0.2, 0) is 28.2 Å². The van der Waals surface area contributed by atoms with Crippen LogP contribution in [0.1, 0.15) is 149 Å². The lowest BCUT2D eigenvalue weighted by molar-refractivity contribution is -0.161. The first kappa shape index (κ1) is 47.7. The highest BCUT2D eigenvalue weighted by atomic mass is 31.2. The van der Waals surface area contributed by atoms with Gasteiger partial charge in [0.15, 0.2) is 6.10 Å². The Kier molecular flexibility index (Phi) is 32.3. The molecule has 0 aromatic carbocycles. The molecule has 0 aromatic rings. The third-order valence-electron chi connectivity index (χ3n) is 7.83. The number of unbranched alkanes of at least 4 members (excludes halogenated alkanes) is 10. The Balaban J connectivity index is 4.19. The van der Waals surface area contributed by atoms with Crippen LogP contribution in [0.15, 0.2) is 60.8 Å². The Bertz CT molecular complexity index is 1030. The zero-order valence-corrected chi connectivity index (χ0v) is 32.2. The predicted octanol–water partition coefficient (Wildman–Crippen LogP) is 10.2. The second-order valence-corrected chi connectivity index (χ2v) is 14.4. The molecule has 0 radical (unpaired) electrons. The van der Waals surface area contributed by atoms with Crippen molar-refractivity contribution in [1.82, 2.24) is 0 Å². The maximum absolute atomic E-state index is 12.4. The van der Waals surface area contributed by atoms with E-state index in [1.807, 2.05) is 12.2 Å². The van der Waals surface area contributed by atoms with Crippen molar-refractivity contribution in [1.29, 1.82) is 0 Å². The minimum Gasteiger partial charge on any atom is -0.462 e. The quantitative estimate of drug-likeness (QED) is 0.0198. The van der Waals surface area contributed by atoms with E-state index in [2.05, 4.69) is 61.8 Å². The summed E-state index contributed by atoms with van der Waals surface area (Å²) in [4.78, 5) is 42.7. The third-order valence-corrected chi connectivity index (χ3v) is 8.32. The minimum atomic E-state index is -4.81. The Hall–Kier alpha value is -2.29. The Morgan fingerprint density at radius 2 is 1.16 bits per heavy atom. The lowest BCUT2D eigenvalue weighted by atomic mass is 10.0. The monoisotopic (exact) mass is 724 g/mol. The fourth-order valence-electron chi connectivity index (χ4n) is 5.00. The van der Waals surface area contributed by atoms with E-state index >= 15 is 0 Å². The summed E-state index contributed by atoms with van der Waals surface area (Å²) in [6.45, 7) is 5.70. The molecule has 0 amide bonds. The van der Waals surface area contributed by atoms with E-state index in [1.165, 1.54) is 51.4 Å². The number of allylic oxidation sites excluding steroid dienone is 9. The molecule has 9 nitrogen and oxygen atoms in total. The average Bonchev–Trinajstić information content (AvgIpc) is 3.06. The van der Waals surface area contributed by atoms with Crippen LogP contribution in [-0.4, -0.2) is 52.3 Å². The smallest absolute Gasteiger partial charge is 0.462 e. The van der Waals surface area contributed by atoms with Gasteiger partial charge in [0.05, 0.1) is 12.7 Å². The van der Waals surface area contributed by atoms with Crippen LogP contribution < -0.4 is 0 Å². The predicted molar refractivity (Wildman–Crippen MR) is 203 cm³/mol. The number of aliphatic hydroxyl groups excluding tert-OH is 1. The van der Waals surface area contributed by atoms with E-state index in [0.29, 0.717) is 19.3 Å². The van der Waals surface area contributed by atoms with Crippen LogP contribution in [0.4, 0.5) is 0 Å². The van der Waals surface area contributed by atoms with E-state index < -0.39 is 38.6 Å². The Labute approximate surface area is 303 Å². The number of ether oxygens (including phenoxy) is 2. The number of carbonyl (C=O) groups is 2. The molecule has 0 fully saturated rings. The lowest BCUT2D eigenvalue weighted by Gasteiger charge is -2.18. The van der Waals surface area contributed by atoms with Crippen LogP contribution >= 0.6 is 7.82 Å². The number of phosphoric ester groups is 1. The number of esters is 2. The number of aliphatic hydroxyl groups is 1. The molecule has 3 N–H and O–H groups in total. The summed E-state index contributed by atoms with van der Waals surface area (Å²) in [6.07, 6.45) is 37.0. The van der Waals surface area contributed by atoms with Gasteiger partial charge in [-0.1, -0.05) is 152 Å². The molecule has 50 heavy (non-hydrogen) atoms. The topological polar surface area (TPSA) is 140 Å². The van der Waals surface area contributed by atoms with Crippen molar-refractivity contribution in [3.05, 3.63) is 60.8 Å². The largest absolute Gasteiger partial charge is 0.469 e. The molecule has 0 heterocycles. The first-order valence-electron chi connectivity index (χ1n) is 19.0. The summed E-state index contributed by atoms with van der Waals surface area (Å²) in [5.41, 5.74) is 0. The molecule has 10 heteroatoms. The van der Waals surface area contributed by atoms with Crippen LogP contribution in [0, 0.1) is 5.92 Å². The van der Waals surface area contributed by atoms with Crippen molar-refractivity contribution in [2.45, 2.75) is 161 Å². The molecule has 0 saturated carbocycles. The molecule has 0 bridgehead atoms. The first-order chi connectivity index (χ1) is 24.0. The summed E-state index contributed by atoms with van der Waals surface area (Å²) >= 11 is 0. The summed E-state index contributed by atoms with van der Waals surface area (Å²) in [6, 6.07) is 0. The number of phosphoric acid groups is 1. The van der Waals surface area contributed by atoms with Gasteiger partial charge in [-0.2, -0.15) is 0 Å². The van der Waals surface area contributed by atoms with E-state index in [0.717, 1.165) is 50.9 Å². The SMILES string of the molecule is CC/C=C\C/C=C\C/C=C\C/C=C\C=C\C(O)CCCC(=O)O[C@H](COC(=O)CCCCCCCCCCCCCC(C)C)COP(=O)(O)O. The zero-order chi connectivity index (χ0) is 37.1. The second-order valence-electron chi connectivity index (χ2n) is 13.2. The van der Waals surface area contributed by atoms with Gasteiger partial charge < -0.3 is 24.4 Å². The number of hydrogen-bond donors (Lipinski definition) is 3. The van der Waals surface area contributed by atoms with Gasteiger partial charge in [-0.15, -0.1) is 0 Å². The fraction of sp³-hybridized carbons (Fsp3) is 0.700. The highest BCUT2D eigenvalue weighted by Crippen LogP contribution is 2.36. The molecule has 0 aliphatic heterocycles. The number of hydrogen-bond acceptors (Lipinski definition) is 7. The van der Waals surface area contributed by atoms with E-state index in [-0.39, 0.29) is 19.4 Å². The zero-order valence-electron chi connectivity index (χ0n) is 31.3. The van der Waals surface area contributed by atoms with Crippen molar-refractivity contribution in [3.8, 4) is 0 Å². The summed E-state index contributed by atoms with van der Waals surface area (Å²) in [5.74, 6) is -0.294. The molecule has 0 saturated heterocycles. The molecule has 288 valence electrons. The molecule has 0 rings (SSSR count). The molecule has 0 aromatic heterocycles. The highest BCUT2D eigenvalue weighted by molar-refractivity contribution is 7.46. The van der Waals surface area contributed by atoms with Crippen molar-refractivity contribution >= 4 is 19.8 Å². The van der Waals surface area contributed by atoms with Crippen LogP contribution in [0.2, 0.25) is 0 Å². The minimum absolute atomic E-state index is 0.0203. The van der Waals surface area contributed by atoms with E-state index in [1.54, 1.807) is 12.2 Å². The Morgan fingerprint density at radius 3 is 1.72 bits per heavy atom. The number of carbonyl (C=O) groups excluding carboxylic acids is 2. The molecule has 2 atom stereocenters. The van der Waals surface area contributed by atoms with Gasteiger partial charge in [0.2, 0.25) is 0 Å². The highest BCUT2D eigenvalue weighted by Gasteiger charge is 2.23. The van der Waals surface area contributed by atoms with Crippen molar-refractivity contribution in [3.63, 3.8) is 0 Å². The van der Waals surface area contributed by atoms with E-state index in [9.17, 15) is 19.3 Å². The lowest BCUT2D eigenvalue weighted by Crippen LogP contribution is -2.29. The maximum atomic E-state index is 12.4. The molecule has 0 aliphatic rings.